The largest absolute Gasteiger partial charge is 0.439 e. The Balaban J connectivity index is 1.93. The van der Waals surface area contributed by atoms with Gasteiger partial charge in [-0.1, -0.05) is 0 Å². The minimum Gasteiger partial charge on any atom is -0.439 e. The number of rotatable bonds is 5. The van der Waals surface area contributed by atoms with Crippen LogP contribution in [0.5, 0.6) is 11.6 Å². The summed E-state index contributed by atoms with van der Waals surface area (Å²) in [4.78, 5) is 31.6. The van der Waals surface area contributed by atoms with Crippen molar-refractivity contribution in [3.63, 3.8) is 0 Å². The van der Waals surface area contributed by atoms with Crippen molar-refractivity contribution in [2.75, 3.05) is 0 Å². The van der Waals surface area contributed by atoms with E-state index in [4.69, 9.17) is 4.74 Å². The maximum atomic E-state index is 11.6. The SMILES string of the molecule is CC(=O)c1ccc(Oc2cc(-n3ncc(C(C)=O)c3C)nc(C)n2)cc1. The van der Waals surface area contributed by atoms with Gasteiger partial charge < -0.3 is 4.74 Å². The van der Waals surface area contributed by atoms with Crippen LogP contribution >= 0.6 is 0 Å². The fourth-order valence-corrected chi connectivity index (χ4v) is 2.55. The van der Waals surface area contributed by atoms with Crippen LogP contribution in [-0.2, 0) is 0 Å². The molecule has 0 amide bonds. The Morgan fingerprint density at radius 2 is 1.69 bits per heavy atom. The first-order valence-electron chi connectivity index (χ1n) is 8.05. The summed E-state index contributed by atoms with van der Waals surface area (Å²) >= 11 is 0. The quantitative estimate of drug-likeness (QED) is 0.655. The number of ether oxygens (including phenoxy) is 1. The van der Waals surface area contributed by atoms with Crippen LogP contribution in [0.25, 0.3) is 5.82 Å². The molecule has 0 aliphatic heterocycles. The summed E-state index contributed by atoms with van der Waals surface area (Å²) in [7, 11) is 0. The van der Waals surface area contributed by atoms with Gasteiger partial charge in [-0.2, -0.15) is 10.1 Å². The third-order valence-corrected chi connectivity index (χ3v) is 3.89. The lowest BCUT2D eigenvalue weighted by atomic mass is 10.1. The first-order valence-corrected chi connectivity index (χ1v) is 8.05. The van der Waals surface area contributed by atoms with E-state index >= 15 is 0 Å². The fourth-order valence-electron chi connectivity index (χ4n) is 2.55. The molecule has 1 aromatic carbocycles. The maximum Gasteiger partial charge on any atom is 0.224 e. The van der Waals surface area contributed by atoms with Crippen molar-refractivity contribution >= 4 is 11.6 Å². The molecular formula is C19H18N4O3. The second-order valence-corrected chi connectivity index (χ2v) is 5.91. The van der Waals surface area contributed by atoms with E-state index in [9.17, 15) is 9.59 Å². The molecule has 0 atom stereocenters. The molecule has 7 nitrogen and oxygen atoms in total. The number of nitrogens with zero attached hydrogens (tertiary/aromatic N) is 4. The van der Waals surface area contributed by atoms with Gasteiger partial charge in [-0.3, -0.25) is 9.59 Å². The zero-order chi connectivity index (χ0) is 18.8. The predicted molar refractivity (Wildman–Crippen MR) is 95.2 cm³/mol. The monoisotopic (exact) mass is 350 g/mol. The molecule has 7 heteroatoms. The summed E-state index contributed by atoms with van der Waals surface area (Å²) in [5.41, 5.74) is 1.86. The van der Waals surface area contributed by atoms with E-state index in [1.807, 2.05) is 6.92 Å². The molecule has 26 heavy (non-hydrogen) atoms. The number of hydrogen-bond donors (Lipinski definition) is 0. The summed E-state index contributed by atoms with van der Waals surface area (Å²) in [5.74, 6) is 1.87. The van der Waals surface area contributed by atoms with Crippen LogP contribution in [0.2, 0.25) is 0 Å². The van der Waals surface area contributed by atoms with Gasteiger partial charge >= 0.3 is 0 Å². The minimum atomic E-state index is -0.0541. The van der Waals surface area contributed by atoms with E-state index in [1.54, 1.807) is 41.9 Å². The number of carbonyl (C=O) groups excluding carboxylic acids is 2. The van der Waals surface area contributed by atoms with Crippen LogP contribution in [0.3, 0.4) is 0 Å². The average molecular weight is 350 g/mol. The molecule has 0 radical (unpaired) electrons. The maximum absolute atomic E-state index is 11.6. The summed E-state index contributed by atoms with van der Waals surface area (Å²) in [6.45, 7) is 6.57. The van der Waals surface area contributed by atoms with Gasteiger partial charge in [0.1, 0.15) is 11.6 Å². The highest BCUT2D eigenvalue weighted by molar-refractivity contribution is 5.95. The van der Waals surface area contributed by atoms with Gasteiger partial charge in [0, 0.05) is 11.6 Å². The highest BCUT2D eigenvalue weighted by Gasteiger charge is 2.14. The third kappa shape index (κ3) is 3.51. The molecule has 0 spiro atoms. The lowest BCUT2D eigenvalue weighted by Crippen LogP contribution is -2.06. The van der Waals surface area contributed by atoms with Crippen LogP contribution in [0.4, 0.5) is 0 Å². The predicted octanol–water partition coefficient (Wildman–Crippen LogP) is 3.48. The molecule has 0 bridgehead atoms. The summed E-state index contributed by atoms with van der Waals surface area (Å²) in [5, 5.41) is 4.24. The number of ketones is 2. The molecule has 0 fully saturated rings. The molecule has 0 N–H and O–H groups in total. The Hall–Kier alpha value is -3.35. The molecule has 3 aromatic rings. The van der Waals surface area contributed by atoms with Gasteiger partial charge in [0.25, 0.3) is 0 Å². The topological polar surface area (TPSA) is 87.0 Å². The van der Waals surface area contributed by atoms with Gasteiger partial charge in [0.2, 0.25) is 5.88 Å². The lowest BCUT2D eigenvalue weighted by Gasteiger charge is -2.09. The average Bonchev–Trinajstić information content (AvgIpc) is 2.96. The third-order valence-electron chi connectivity index (χ3n) is 3.89. The Morgan fingerprint density at radius 1 is 1.00 bits per heavy atom. The molecule has 0 saturated carbocycles. The van der Waals surface area contributed by atoms with Crippen molar-refractivity contribution in [2.45, 2.75) is 27.7 Å². The lowest BCUT2D eigenvalue weighted by molar-refractivity contribution is 0.100. The second-order valence-electron chi connectivity index (χ2n) is 5.91. The van der Waals surface area contributed by atoms with Crippen LogP contribution in [0.1, 0.15) is 46.1 Å². The van der Waals surface area contributed by atoms with E-state index in [0.717, 1.165) is 0 Å². The van der Waals surface area contributed by atoms with Crippen molar-refractivity contribution in [3.8, 4) is 17.4 Å². The highest BCUT2D eigenvalue weighted by Crippen LogP contribution is 2.23. The molecule has 0 unspecified atom stereocenters. The molecular weight excluding hydrogens is 332 g/mol. The number of aromatic nitrogens is 4. The van der Waals surface area contributed by atoms with Crippen LogP contribution in [-0.4, -0.2) is 31.3 Å². The summed E-state index contributed by atoms with van der Waals surface area (Å²) < 4.78 is 7.36. The van der Waals surface area contributed by atoms with Crippen molar-refractivity contribution in [2.24, 2.45) is 0 Å². The van der Waals surface area contributed by atoms with Gasteiger partial charge in [-0.25, -0.2) is 9.67 Å². The van der Waals surface area contributed by atoms with Gasteiger partial charge in [-0.05, 0) is 52.0 Å². The van der Waals surface area contributed by atoms with Gasteiger partial charge in [0.05, 0.1) is 17.5 Å². The van der Waals surface area contributed by atoms with E-state index in [1.165, 1.54) is 20.0 Å². The Bertz CT molecular complexity index is 991. The van der Waals surface area contributed by atoms with E-state index in [-0.39, 0.29) is 11.6 Å². The second kappa shape index (κ2) is 6.87. The highest BCUT2D eigenvalue weighted by atomic mass is 16.5. The number of Topliss-reactive ketones (excluding diaryl/α,β-unsaturated/α-hetero) is 2. The summed E-state index contributed by atoms with van der Waals surface area (Å²) in [6.07, 6.45) is 1.52. The van der Waals surface area contributed by atoms with Crippen LogP contribution in [0.15, 0.2) is 36.5 Å². The van der Waals surface area contributed by atoms with Crippen molar-refractivity contribution in [1.82, 2.24) is 19.7 Å². The van der Waals surface area contributed by atoms with Gasteiger partial charge in [-0.15, -0.1) is 0 Å². The first kappa shape index (κ1) is 17.5. The summed E-state index contributed by atoms with van der Waals surface area (Å²) in [6, 6.07) is 8.46. The van der Waals surface area contributed by atoms with Crippen LogP contribution in [0, 0.1) is 13.8 Å². The molecule has 132 valence electrons. The number of aryl methyl sites for hydroxylation is 1. The zero-order valence-corrected chi connectivity index (χ0v) is 15.0. The fraction of sp³-hybridized carbons (Fsp3) is 0.211. The Labute approximate surface area is 150 Å². The van der Waals surface area contributed by atoms with Crippen LogP contribution < -0.4 is 4.74 Å². The Kier molecular flexibility index (Phi) is 4.62. The smallest absolute Gasteiger partial charge is 0.224 e. The van der Waals surface area contributed by atoms with E-state index < -0.39 is 0 Å². The van der Waals surface area contributed by atoms with Crippen molar-refractivity contribution in [3.05, 3.63) is 59.2 Å². The van der Waals surface area contributed by atoms with Crippen molar-refractivity contribution in [1.29, 1.82) is 0 Å². The molecule has 0 aliphatic carbocycles. The minimum absolute atomic E-state index is 0.00727. The first-order chi connectivity index (χ1) is 12.3. The van der Waals surface area contributed by atoms with E-state index in [2.05, 4.69) is 15.1 Å². The molecule has 0 saturated heterocycles. The van der Waals surface area contributed by atoms with Crippen molar-refractivity contribution < 1.29 is 14.3 Å². The molecule has 2 heterocycles. The Morgan fingerprint density at radius 3 is 2.27 bits per heavy atom. The standard InChI is InChI=1S/C19H18N4O3/c1-11-17(13(3)25)10-20-23(11)18-9-19(22-14(4)21-18)26-16-7-5-15(6-8-16)12(2)24/h5-10H,1-4H3. The normalized spacial score (nSPS) is 10.6. The number of benzene rings is 1. The molecule has 3 rings (SSSR count). The zero-order valence-electron chi connectivity index (χ0n) is 15.0. The van der Waals surface area contributed by atoms with E-state index in [0.29, 0.717) is 40.1 Å². The van der Waals surface area contributed by atoms with Gasteiger partial charge in [0.15, 0.2) is 17.4 Å². The number of hydrogen-bond acceptors (Lipinski definition) is 6. The molecule has 0 aliphatic rings. The molecule has 2 aromatic heterocycles. The number of carbonyl (C=O) groups is 2.